The Bertz CT molecular complexity index is 1550. The van der Waals surface area contributed by atoms with Gasteiger partial charge in [-0.05, 0) is 56.3 Å². The number of hydrogen-bond acceptors (Lipinski definition) is 8. The van der Waals surface area contributed by atoms with Crippen molar-refractivity contribution in [1.82, 2.24) is 10.2 Å². The average Bonchev–Trinajstić information content (AvgIpc) is 3.34. The van der Waals surface area contributed by atoms with Crippen molar-refractivity contribution in [3.8, 4) is 34.8 Å². The molecule has 0 fully saturated rings. The molecule has 202 valence electrons. The Balaban J connectivity index is 1.51. The van der Waals surface area contributed by atoms with Crippen LogP contribution in [0.5, 0.6) is 17.2 Å². The lowest BCUT2D eigenvalue weighted by Gasteiger charge is -2.24. The van der Waals surface area contributed by atoms with Crippen LogP contribution in [0.1, 0.15) is 30.9 Å². The molecular formula is C27H21Cl3FN3O5. The number of aliphatic hydroxyl groups is 2. The smallest absolute Gasteiger partial charge is 0.249 e. The summed E-state index contributed by atoms with van der Waals surface area (Å²) in [5, 5.41) is 37.4. The van der Waals surface area contributed by atoms with E-state index in [2.05, 4.69) is 10.2 Å². The summed E-state index contributed by atoms with van der Waals surface area (Å²) >= 11 is 18.6. The van der Waals surface area contributed by atoms with Gasteiger partial charge >= 0.3 is 0 Å². The van der Waals surface area contributed by atoms with E-state index in [9.17, 15) is 10.2 Å². The number of nitrogens with zero attached hydrogens (tertiary/aromatic N) is 3. The molecule has 8 nitrogen and oxygen atoms in total. The van der Waals surface area contributed by atoms with Gasteiger partial charge in [-0.2, -0.15) is 5.26 Å². The SMILES string of the molecule is CC(C)(O)[C@@H](O)COc1ccc(-c2nnc(Cc3ccc(Cl)c(Oc4cc(Cl)cc(C#N)c4)c3F)o2)c(Cl)c1. The van der Waals surface area contributed by atoms with Gasteiger partial charge in [0.2, 0.25) is 11.8 Å². The van der Waals surface area contributed by atoms with Crippen molar-refractivity contribution in [2.24, 2.45) is 0 Å². The fourth-order valence-corrected chi connectivity index (χ4v) is 4.00. The van der Waals surface area contributed by atoms with Gasteiger partial charge in [0, 0.05) is 10.6 Å². The lowest BCUT2D eigenvalue weighted by molar-refractivity contribution is -0.0661. The predicted octanol–water partition coefficient (Wildman–Crippen LogP) is 6.60. The van der Waals surface area contributed by atoms with Gasteiger partial charge in [-0.3, -0.25) is 0 Å². The molecule has 1 heterocycles. The third-order valence-electron chi connectivity index (χ3n) is 5.55. The van der Waals surface area contributed by atoms with Crippen LogP contribution in [0.4, 0.5) is 4.39 Å². The maximum Gasteiger partial charge on any atom is 0.249 e. The van der Waals surface area contributed by atoms with Crippen LogP contribution in [0.2, 0.25) is 15.1 Å². The van der Waals surface area contributed by atoms with E-state index < -0.39 is 17.5 Å². The van der Waals surface area contributed by atoms with Gasteiger partial charge in [-0.1, -0.05) is 40.9 Å². The Morgan fingerprint density at radius 2 is 1.82 bits per heavy atom. The zero-order valence-electron chi connectivity index (χ0n) is 20.6. The van der Waals surface area contributed by atoms with Crippen LogP contribution in [-0.2, 0) is 6.42 Å². The van der Waals surface area contributed by atoms with Crippen LogP contribution in [0.25, 0.3) is 11.5 Å². The van der Waals surface area contributed by atoms with Crippen molar-refractivity contribution in [2.75, 3.05) is 6.61 Å². The molecule has 0 saturated carbocycles. The molecule has 39 heavy (non-hydrogen) atoms. The number of aromatic nitrogens is 2. The Kier molecular flexibility index (Phi) is 8.64. The van der Waals surface area contributed by atoms with Crippen LogP contribution in [-0.4, -0.2) is 38.7 Å². The zero-order chi connectivity index (χ0) is 28.3. The topological polar surface area (TPSA) is 122 Å². The van der Waals surface area contributed by atoms with Gasteiger partial charge in [0.1, 0.15) is 24.2 Å². The quantitative estimate of drug-likeness (QED) is 0.223. The number of benzene rings is 3. The molecule has 4 aromatic rings. The Labute approximate surface area is 238 Å². The second-order valence-electron chi connectivity index (χ2n) is 9.04. The Morgan fingerprint density at radius 1 is 1.05 bits per heavy atom. The zero-order valence-corrected chi connectivity index (χ0v) is 22.9. The van der Waals surface area contributed by atoms with Crippen LogP contribution in [0.15, 0.2) is 52.9 Å². The molecule has 0 aliphatic rings. The number of halogens is 4. The molecule has 3 aromatic carbocycles. The first kappa shape index (κ1) is 28.6. The highest BCUT2D eigenvalue weighted by Gasteiger charge is 2.25. The summed E-state index contributed by atoms with van der Waals surface area (Å²) in [7, 11) is 0. The number of nitriles is 1. The molecule has 0 amide bonds. The number of rotatable bonds is 9. The van der Waals surface area contributed by atoms with E-state index in [1.807, 2.05) is 6.07 Å². The second-order valence-corrected chi connectivity index (χ2v) is 10.3. The minimum Gasteiger partial charge on any atom is -0.491 e. The average molecular weight is 593 g/mol. The summed E-state index contributed by atoms with van der Waals surface area (Å²) in [5.41, 5.74) is -0.488. The van der Waals surface area contributed by atoms with E-state index in [1.165, 1.54) is 50.2 Å². The molecule has 0 saturated heterocycles. The highest BCUT2D eigenvalue weighted by Crippen LogP contribution is 2.36. The number of ether oxygens (including phenoxy) is 2. The molecule has 0 radical (unpaired) electrons. The molecule has 0 bridgehead atoms. The summed E-state index contributed by atoms with van der Waals surface area (Å²) in [4.78, 5) is 0. The lowest BCUT2D eigenvalue weighted by atomic mass is 10.0. The first-order valence-corrected chi connectivity index (χ1v) is 12.6. The molecule has 12 heteroatoms. The first-order chi connectivity index (χ1) is 18.4. The number of aliphatic hydroxyl groups excluding tert-OH is 1. The lowest BCUT2D eigenvalue weighted by Crippen LogP contribution is -2.40. The summed E-state index contributed by atoms with van der Waals surface area (Å²) in [5.74, 6) is -0.261. The van der Waals surface area contributed by atoms with Crippen molar-refractivity contribution in [1.29, 1.82) is 5.26 Å². The van der Waals surface area contributed by atoms with Gasteiger partial charge in [0.05, 0.1) is 39.3 Å². The molecule has 2 N–H and O–H groups in total. The van der Waals surface area contributed by atoms with Crippen molar-refractivity contribution in [2.45, 2.75) is 32.0 Å². The highest BCUT2D eigenvalue weighted by atomic mass is 35.5. The van der Waals surface area contributed by atoms with E-state index in [0.29, 0.717) is 11.3 Å². The summed E-state index contributed by atoms with van der Waals surface area (Å²) < 4.78 is 32.2. The number of hydrogen-bond donors (Lipinski definition) is 2. The normalized spacial score (nSPS) is 12.2. The largest absolute Gasteiger partial charge is 0.491 e. The maximum absolute atomic E-state index is 15.4. The fraction of sp³-hybridized carbons (Fsp3) is 0.222. The third-order valence-corrected chi connectivity index (χ3v) is 6.38. The molecule has 4 rings (SSSR count). The van der Waals surface area contributed by atoms with Crippen LogP contribution in [0, 0.1) is 17.1 Å². The Hall–Kier alpha value is -3.39. The molecule has 0 spiro atoms. The van der Waals surface area contributed by atoms with Crippen molar-refractivity contribution < 1.29 is 28.5 Å². The molecule has 1 atom stereocenters. The van der Waals surface area contributed by atoms with Crippen molar-refractivity contribution >= 4 is 34.8 Å². The third kappa shape index (κ3) is 6.98. The first-order valence-electron chi connectivity index (χ1n) is 11.5. The van der Waals surface area contributed by atoms with Gasteiger partial charge in [0.15, 0.2) is 11.6 Å². The standard InChI is InChI=1S/C27H21Cl3FN3O5/c1-27(2,36)22(35)13-37-17-4-5-19(21(30)11-17)26-34-33-23(39-26)9-15-3-6-20(29)25(24(15)31)38-18-8-14(12-32)7-16(28)10-18/h3-8,10-11,22,35-36H,9,13H2,1-2H3/t22-/m0/s1. The van der Waals surface area contributed by atoms with E-state index in [0.717, 1.165) is 0 Å². The van der Waals surface area contributed by atoms with Gasteiger partial charge in [0.25, 0.3) is 0 Å². The van der Waals surface area contributed by atoms with Gasteiger partial charge < -0.3 is 24.1 Å². The molecule has 1 aromatic heterocycles. The summed E-state index contributed by atoms with van der Waals surface area (Å²) in [6, 6.07) is 13.9. The highest BCUT2D eigenvalue weighted by molar-refractivity contribution is 6.33. The Morgan fingerprint density at radius 3 is 2.51 bits per heavy atom. The van der Waals surface area contributed by atoms with E-state index >= 15 is 4.39 Å². The molecule has 0 aliphatic heterocycles. The van der Waals surface area contributed by atoms with Gasteiger partial charge in [-0.25, -0.2) is 4.39 Å². The van der Waals surface area contributed by atoms with Gasteiger partial charge in [-0.15, -0.1) is 10.2 Å². The van der Waals surface area contributed by atoms with Crippen LogP contribution < -0.4 is 9.47 Å². The van der Waals surface area contributed by atoms with E-state index in [4.69, 9.17) is 54.0 Å². The monoisotopic (exact) mass is 591 g/mol. The summed E-state index contributed by atoms with van der Waals surface area (Å²) in [6.07, 6.45) is -1.17. The van der Waals surface area contributed by atoms with E-state index in [1.54, 1.807) is 12.1 Å². The molecule has 0 aliphatic carbocycles. The minimum atomic E-state index is -1.32. The van der Waals surface area contributed by atoms with Crippen molar-refractivity contribution in [3.63, 3.8) is 0 Å². The van der Waals surface area contributed by atoms with Crippen LogP contribution in [0.3, 0.4) is 0 Å². The second kappa shape index (κ2) is 11.8. The fourth-order valence-electron chi connectivity index (χ4n) is 3.34. The van der Waals surface area contributed by atoms with E-state index in [-0.39, 0.29) is 62.5 Å². The van der Waals surface area contributed by atoms with Crippen molar-refractivity contribution in [3.05, 3.63) is 86.4 Å². The van der Waals surface area contributed by atoms with Crippen LogP contribution >= 0.6 is 34.8 Å². The summed E-state index contributed by atoms with van der Waals surface area (Å²) in [6.45, 7) is 2.80. The minimum absolute atomic E-state index is 0.0186. The predicted molar refractivity (Wildman–Crippen MR) is 143 cm³/mol. The molecular weight excluding hydrogens is 572 g/mol. The molecule has 0 unspecified atom stereocenters. The maximum atomic E-state index is 15.4.